The standard InChI is InChI=1S/C23H30ClFN4O2.HI/c1-26-23(27-10-7-20-21(24)5-4-6-22(20)25)28-16-8-11-29(12-9-16)17-13-18(30-2)15-19(14-17)31-3;/h4-6,13-16H,7-12H2,1-3H3,(H2,26,27,28);1H. The smallest absolute Gasteiger partial charge is 0.191 e. The van der Waals surface area contributed by atoms with Gasteiger partial charge in [-0.15, -0.1) is 24.0 Å². The number of aliphatic imine (C=N–C) groups is 1. The van der Waals surface area contributed by atoms with Gasteiger partial charge in [0.25, 0.3) is 0 Å². The van der Waals surface area contributed by atoms with Gasteiger partial charge in [-0.3, -0.25) is 4.99 Å². The highest BCUT2D eigenvalue weighted by atomic mass is 127. The van der Waals surface area contributed by atoms with Gasteiger partial charge in [-0.1, -0.05) is 17.7 Å². The number of nitrogens with zero attached hydrogens (tertiary/aromatic N) is 2. The quantitative estimate of drug-likeness (QED) is 0.289. The Morgan fingerprint density at radius 2 is 1.81 bits per heavy atom. The Morgan fingerprint density at radius 3 is 2.38 bits per heavy atom. The van der Waals surface area contributed by atoms with Crippen molar-refractivity contribution in [3.63, 3.8) is 0 Å². The summed E-state index contributed by atoms with van der Waals surface area (Å²) in [5.41, 5.74) is 1.62. The molecule has 9 heteroatoms. The number of piperidine rings is 1. The van der Waals surface area contributed by atoms with Gasteiger partial charge in [0.15, 0.2) is 5.96 Å². The van der Waals surface area contributed by atoms with E-state index in [4.69, 9.17) is 21.1 Å². The van der Waals surface area contributed by atoms with Crippen molar-refractivity contribution in [3.8, 4) is 11.5 Å². The first-order valence-electron chi connectivity index (χ1n) is 10.4. The lowest BCUT2D eigenvalue weighted by Gasteiger charge is -2.34. The van der Waals surface area contributed by atoms with Crippen LogP contribution in [0.4, 0.5) is 10.1 Å². The zero-order valence-electron chi connectivity index (χ0n) is 18.7. The summed E-state index contributed by atoms with van der Waals surface area (Å²) >= 11 is 6.10. The zero-order valence-corrected chi connectivity index (χ0v) is 21.7. The normalized spacial score (nSPS) is 14.5. The van der Waals surface area contributed by atoms with E-state index in [0.717, 1.165) is 43.1 Å². The Labute approximate surface area is 211 Å². The van der Waals surface area contributed by atoms with Crippen LogP contribution in [0.3, 0.4) is 0 Å². The van der Waals surface area contributed by atoms with Crippen molar-refractivity contribution in [2.45, 2.75) is 25.3 Å². The molecule has 0 aliphatic carbocycles. The first-order valence-corrected chi connectivity index (χ1v) is 10.8. The van der Waals surface area contributed by atoms with Crippen LogP contribution in [0.15, 0.2) is 41.4 Å². The third kappa shape index (κ3) is 7.03. The number of nitrogens with one attached hydrogen (secondary N) is 2. The van der Waals surface area contributed by atoms with Gasteiger partial charge in [-0.05, 0) is 31.4 Å². The molecule has 0 aromatic heterocycles. The molecule has 3 rings (SSSR count). The molecule has 0 bridgehead atoms. The zero-order chi connectivity index (χ0) is 22.2. The molecule has 0 spiro atoms. The van der Waals surface area contributed by atoms with Crippen LogP contribution in [-0.4, -0.2) is 52.9 Å². The second-order valence-corrected chi connectivity index (χ2v) is 7.83. The Kier molecular flexibility index (Phi) is 10.6. The SMILES string of the molecule is CN=C(NCCc1c(F)cccc1Cl)NC1CCN(c2cc(OC)cc(OC)c2)CC1.I. The Bertz CT molecular complexity index is 865. The highest BCUT2D eigenvalue weighted by Gasteiger charge is 2.21. The fourth-order valence-electron chi connectivity index (χ4n) is 3.72. The number of anilines is 1. The van der Waals surface area contributed by atoms with Gasteiger partial charge in [-0.25, -0.2) is 4.39 Å². The van der Waals surface area contributed by atoms with Crippen molar-refractivity contribution >= 4 is 47.2 Å². The Hall–Kier alpha value is -1.94. The molecule has 1 fully saturated rings. The van der Waals surface area contributed by atoms with E-state index in [1.54, 1.807) is 33.4 Å². The van der Waals surface area contributed by atoms with E-state index in [-0.39, 0.29) is 29.8 Å². The van der Waals surface area contributed by atoms with Gasteiger partial charge >= 0.3 is 0 Å². The summed E-state index contributed by atoms with van der Waals surface area (Å²) in [7, 11) is 5.06. The molecule has 0 saturated carbocycles. The van der Waals surface area contributed by atoms with Crippen LogP contribution >= 0.6 is 35.6 Å². The molecule has 0 radical (unpaired) electrons. The molecule has 2 aromatic carbocycles. The monoisotopic (exact) mass is 576 g/mol. The lowest BCUT2D eigenvalue weighted by Crippen LogP contribution is -2.49. The number of methoxy groups -OCH3 is 2. The molecular weight excluding hydrogens is 546 g/mol. The molecule has 6 nitrogen and oxygen atoms in total. The van der Waals surface area contributed by atoms with Gasteiger partial charge in [0, 0.05) is 67.2 Å². The predicted octanol–water partition coefficient (Wildman–Crippen LogP) is 4.49. The summed E-state index contributed by atoms with van der Waals surface area (Å²) in [6.07, 6.45) is 2.43. The number of hydrogen-bond acceptors (Lipinski definition) is 4. The average molecular weight is 577 g/mol. The molecule has 0 amide bonds. The number of ether oxygens (including phenoxy) is 2. The van der Waals surface area contributed by atoms with E-state index in [1.165, 1.54) is 6.07 Å². The van der Waals surface area contributed by atoms with Crippen LogP contribution in [0, 0.1) is 5.82 Å². The van der Waals surface area contributed by atoms with Crippen molar-refractivity contribution in [2.24, 2.45) is 4.99 Å². The summed E-state index contributed by atoms with van der Waals surface area (Å²) in [5.74, 6) is 2.01. The predicted molar refractivity (Wildman–Crippen MR) is 140 cm³/mol. The molecule has 32 heavy (non-hydrogen) atoms. The summed E-state index contributed by atoms with van der Waals surface area (Å²) in [6, 6.07) is 11.0. The first kappa shape index (κ1) is 26.3. The van der Waals surface area contributed by atoms with E-state index in [1.807, 2.05) is 18.2 Å². The fraction of sp³-hybridized carbons (Fsp3) is 0.435. The lowest BCUT2D eigenvalue weighted by atomic mass is 10.0. The molecule has 176 valence electrons. The number of halogens is 3. The van der Waals surface area contributed by atoms with E-state index >= 15 is 0 Å². The highest BCUT2D eigenvalue weighted by molar-refractivity contribution is 14.0. The summed E-state index contributed by atoms with van der Waals surface area (Å²) < 4.78 is 24.7. The Balaban J connectivity index is 0.00000363. The molecule has 0 atom stereocenters. The third-order valence-corrected chi connectivity index (χ3v) is 5.84. The molecular formula is C23H31ClFIN4O2. The second-order valence-electron chi connectivity index (χ2n) is 7.43. The van der Waals surface area contributed by atoms with Crippen molar-refractivity contribution in [2.75, 3.05) is 45.8 Å². The van der Waals surface area contributed by atoms with Crippen LogP contribution in [0.1, 0.15) is 18.4 Å². The van der Waals surface area contributed by atoms with E-state index in [9.17, 15) is 4.39 Å². The molecule has 2 aromatic rings. The van der Waals surface area contributed by atoms with Crippen molar-refractivity contribution in [1.29, 1.82) is 0 Å². The molecule has 0 unspecified atom stereocenters. The van der Waals surface area contributed by atoms with E-state index in [2.05, 4.69) is 20.5 Å². The number of hydrogen-bond donors (Lipinski definition) is 2. The van der Waals surface area contributed by atoms with Crippen LogP contribution in [0.5, 0.6) is 11.5 Å². The lowest BCUT2D eigenvalue weighted by molar-refractivity contribution is 0.393. The maximum absolute atomic E-state index is 13.9. The Morgan fingerprint density at radius 1 is 1.16 bits per heavy atom. The minimum Gasteiger partial charge on any atom is -0.497 e. The maximum Gasteiger partial charge on any atom is 0.191 e. The minimum absolute atomic E-state index is 0. The van der Waals surface area contributed by atoms with Gasteiger partial charge in [-0.2, -0.15) is 0 Å². The van der Waals surface area contributed by atoms with Crippen molar-refractivity contribution in [3.05, 3.63) is 52.8 Å². The second kappa shape index (κ2) is 12.9. The van der Waals surface area contributed by atoms with Crippen LogP contribution in [0.25, 0.3) is 0 Å². The van der Waals surface area contributed by atoms with Crippen molar-refractivity contribution < 1.29 is 13.9 Å². The van der Waals surface area contributed by atoms with E-state index in [0.29, 0.717) is 35.6 Å². The average Bonchev–Trinajstić information content (AvgIpc) is 2.80. The molecule has 1 aliphatic rings. The minimum atomic E-state index is -0.279. The maximum atomic E-state index is 13.9. The topological polar surface area (TPSA) is 58.1 Å². The van der Waals surface area contributed by atoms with Gasteiger partial charge in [0.2, 0.25) is 0 Å². The fourth-order valence-corrected chi connectivity index (χ4v) is 3.98. The summed E-state index contributed by atoms with van der Waals surface area (Å²) in [5, 5.41) is 7.18. The molecule has 1 aliphatic heterocycles. The molecule has 2 N–H and O–H groups in total. The summed E-state index contributed by atoms with van der Waals surface area (Å²) in [4.78, 5) is 6.63. The largest absolute Gasteiger partial charge is 0.497 e. The number of benzene rings is 2. The molecule has 1 saturated heterocycles. The highest BCUT2D eigenvalue weighted by Crippen LogP contribution is 2.30. The third-order valence-electron chi connectivity index (χ3n) is 5.49. The van der Waals surface area contributed by atoms with Gasteiger partial charge in [0.05, 0.1) is 14.2 Å². The summed E-state index contributed by atoms with van der Waals surface area (Å²) in [6.45, 7) is 2.37. The van der Waals surface area contributed by atoms with Gasteiger partial charge in [0.1, 0.15) is 17.3 Å². The molecule has 1 heterocycles. The van der Waals surface area contributed by atoms with Crippen LogP contribution < -0.4 is 25.0 Å². The van der Waals surface area contributed by atoms with Crippen molar-refractivity contribution in [1.82, 2.24) is 10.6 Å². The van der Waals surface area contributed by atoms with Crippen LogP contribution in [-0.2, 0) is 6.42 Å². The van der Waals surface area contributed by atoms with Crippen LogP contribution in [0.2, 0.25) is 5.02 Å². The number of guanidine groups is 1. The van der Waals surface area contributed by atoms with E-state index < -0.39 is 0 Å². The number of rotatable bonds is 7. The first-order chi connectivity index (χ1) is 15.0. The van der Waals surface area contributed by atoms with Gasteiger partial charge < -0.3 is 25.0 Å².